The quantitative estimate of drug-likeness (QED) is 0.115. The SMILES string of the molecule is CCCc1nc2c(C)cc(C(=O)N(C)C(C)C(=O)c3ccccc3)cc2n1Cc1ccc(-c2ccccc2C(=O)OC(C)(C)C)cc1. The van der Waals surface area contributed by atoms with Crippen LogP contribution in [0.25, 0.3) is 22.2 Å². The second-order valence-corrected chi connectivity index (χ2v) is 13.1. The van der Waals surface area contributed by atoms with Crippen LogP contribution in [0.2, 0.25) is 0 Å². The molecule has 0 spiro atoms. The van der Waals surface area contributed by atoms with Crippen molar-refractivity contribution in [3.63, 3.8) is 0 Å². The molecule has 1 amide bonds. The number of esters is 1. The summed E-state index contributed by atoms with van der Waals surface area (Å²) in [6.07, 6.45) is 1.72. The summed E-state index contributed by atoms with van der Waals surface area (Å²) in [7, 11) is 1.68. The molecule has 0 fully saturated rings. The van der Waals surface area contributed by atoms with Gasteiger partial charge in [0.25, 0.3) is 5.91 Å². The predicted molar refractivity (Wildman–Crippen MR) is 187 cm³/mol. The summed E-state index contributed by atoms with van der Waals surface area (Å²) in [5.41, 5.74) is 6.49. The van der Waals surface area contributed by atoms with Crippen LogP contribution in [0.15, 0.2) is 91.0 Å². The molecule has 7 heteroatoms. The number of likely N-dealkylation sites (N-methyl/N-ethyl adjacent to an activating group) is 1. The molecule has 0 aliphatic rings. The zero-order valence-electron chi connectivity index (χ0n) is 28.3. The highest BCUT2D eigenvalue weighted by Crippen LogP contribution is 2.28. The number of carbonyl (C=O) groups is 3. The van der Waals surface area contributed by atoms with Crippen LogP contribution in [-0.4, -0.2) is 50.8 Å². The minimum Gasteiger partial charge on any atom is -0.456 e. The van der Waals surface area contributed by atoms with E-state index in [4.69, 9.17) is 9.72 Å². The first kappa shape index (κ1) is 33.3. The minimum atomic E-state index is -0.625. The largest absolute Gasteiger partial charge is 0.456 e. The lowest BCUT2D eigenvalue weighted by Gasteiger charge is -2.24. The highest BCUT2D eigenvalue weighted by molar-refractivity contribution is 6.05. The third kappa shape index (κ3) is 7.35. The van der Waals surface area contributed by atoms with E-state index in [-0.39, 0.29) is 17.7 Å². The highest BCUT2D eigenvalue weighted by Gasteiger charge is 2.26. The van der Waals surface area contributed by atoms with E-state index < -0.39 is 11.6 Å². The maximum atomic E-state index is 13.8. The molecule has 0 aliphatic carbocycles. The van der Waals surface area contributed by atoms with E-state index >= 15 is 0 Å². The van der Waals surface area contributed by atoms with Crippen molar-refractivity contribution < 1.29 is 19.1 Å². The Morgan fingerprint density at radius 3 is 2.21 bits per heavy atom. The van der Waals surface area contributed by atoms with Gasteiger partial charge in [0.2, 0.25) is 0 Å². The summed E-state index contributed by atoms with van der Waals surface area (Å²) in [5.74, 6) is 0.281. The zero-order chi connectivity index (χ0) is 33.9. The first-order valence-electron chi connectivity index (χ1n) is 16.2. The van der Waals surface area contributed by atoms with Gasteiger partial charge in [0.05, 0.1) is 22.6 Å². The highest BCUT2D eigenvalue weighted by atomic mass is 16.6. The number of fused-ring (bicyclic) bond motifs is 1. The fourth-order valence-corrected chi connectivity index (χ4v) is 5.77. The van der Waals surface area contributed by atoms with Gasteiger partial charge in [-0.2, -0.15) is 0 Å². The van der Waals surface area contributed by atoms with E-state index in [0.29, 0.717) is 23.2 Å². The normalized spacial score (nSPS) is 12.1. The third-order valence-corrected chi connectivity index (χ3v) is 8.33. The van der Waals surface area contributed by atoms with Crippen LogP contribution in [0.3, 0.4) is 0 Å². The van der Waals surface area contributed by atoms with Crippen LogP contribution in [0, 0.1) is 6.92 Å². The van der Waals surface area contributed by atoms with E-state index in [9.17, 15) is 14.4 Å². The number of aryl methyl sites for hydroxylation is 2. The van der Waals surface area contributed by atoms with Gasteiger partial charge in [0, 0.05) is 31.1 Å². The van der Waals surface area contributed by atoms with Gasteiger partial charge in [-0.1, -0.05) is 79.7 Å². The molecular weight excluding hydrogens is 586 g/mol. The van der Waals surface area contributed by atoms with E-state index in [0.717, 1.165) is 52.0 Å². The monoisotopic (exact) mass is 629 g/mol. The molecule has 1 unspecified atom stereocenters. The van der Waals surface area contributed by atoms with Crippen LogP contribution in [0.5, 0.6) is 0 Å². The van der Waals surface area contributed by atoms with Gasteiger partial charge in [0.15, 0.2) is 5.78 Å². The molecule has 1 heterocycles. The Balaban J connectivity index is 1.45. The van der Waals surface area contributed by atoms with Gasteiger partial charge in [0.1, 0.15) is 11.4 Å². The fourth-order valence-electron chi connectivity index (χ4n) is 5.77. The van der Waals surface area contributed by atoms with Crippen LogP contribution < -0.4 is 0 Å². The number of benzene rings is 4. The van der Waals surface area contributed by atoms with Crippen molar-refractivity contribution in [2.75, 3.05) is 7.05 Å². The number of hydrogen-bond acceptors (Lipinski definition) is 5. The van der Waals surface area contributed by atoms with Crippen LogP contribution in [0.1, 0.15) is 89.1 Å². The average molecular weight is 630 g/mol. The molecule has 1 aromatic heterocycles. The van der Waals surface area contributed by atoms with E-state index in [1.54, 1.807) is 32.2 Å². The number of imidazole rings is 1. The van der Waals surface area contributed by atoms with Gasteiger partial charge in [-0.3, -0.25) is 9.59 Å². The van der Waals surface area contributed by atoms with Crippen molar-refractivity contribution in [3.8, 4) is 11.1 Å². The lowest BCUT2D eigenvalue weighted by atomic mass is 9.98. The van der Waals surface area contributed by atoms with Crippen molar-refractivity contribution in [3.05, 3.63) is 125 Å². The minimum absolute atomic E-state index is 0.105. The van der Waals surface area contributed by atoms with Gasteiger partial charge in [-0.25, -0.2) is 9.78 Å². The summed E-state index contributed by atoms with van der Waals surface area (Å²) in [6.45, 7) is 12.0. The number of ketones is 1. The van der Waals surface area contributed by atoms with Gasteiger partial charge < -0.3 is 14.2 Å². The molecular formula is C40H43N3O4. The maximum absolute atomic E-state index is 13.8. The number of hydrogen-bond donors (Lipinski definition) is 0. The number of carbonyl (C=O) groups excluding carboxylic acids is 3. The number of aromatic nitrogens is 2. The molecule has 1 atom stereocenters. The number of amides is 1. The molecule has 0 radical (unpaired) electrons. The molecule has 5 rings (SSSR count). The predicted octanol–water partition coefficient (Wildman–Crippen LogP) is 8.31. The first-order chi connectivity index (χ1) is 22.4. The Hall–Kier alpha value is -5.04. The zero-order valence-corrected chi connectivity index (χ0v) is 28.3. The molecule has 0 aliphatic heterocycles. The first-order valence-corrected chi connectivity index (χ1v) is 16.2. The molecule has 0 saturated heterocycles. The standard InChI is InChI=1S/C40H43N3O4/c1-8-14-35-41-36-26(2)23-31(38(45)42(7)27(3)37(44)30-15-10-9-11-16-30)24-34(36)43(35)25-28-19-21-29(22-20-28)32-17-12-13-18-33(32)39(46)47-40(4,5)6/h9-13,15-24,27H,8,14,25H2,1-7H3. The van der Waals surface area contributed by atoms with Gasteiger partial charge in [-0.05, 0) is 81.5 Å². The molecule has 0 bridgehead atoms. The summed E-state index contributed by atoms with van der Waals surface area (Å²) in [5, 5.41) is 0. The number of rotatable bonds is 10. The van der Waals surface area contributed by atoms with E-state index in [1.165, 1.54) is 4.90 Å². The Bertz CT molecular complexity index is 1920. The summed E-state index contributed by atoms with van der Waals surface area (Å²) in [6, 6.07) is 27.9. The van der Waals surface area contributed by atoms with Crippen molar-refractivity contribution in [2.24, 2.45) is 0 Å². The molecule has 47 heavy (non-hydrogen) atoms. The second kappa shape index (κ2) is 13.8. The topological polar surface area (TPSA) is 81.5 Å². The number of nitrogens with zero attached hydrogens (tertiary/aromatic N) is 3. The second-order valence-electron chi connectivity index (χ2n) is 13.1. The smallest absolute Gasteiger partial charge is 0.339 e. The van der Waals surface area contributed by atoms with Crippen molar-refractivity contribution in [1.29, 1.82) is 0 Å². The van der Waals surface area contributed by atoms with Crippen molar-refractivity contribution >= 4 is 28.7 Å². The van der Waals surface area contributed by atoms with E-state index in [1.807, 2.05) is 88.4 Å². The van der Waals surface area contributed by atoms with Gasteiger partial charge in [-0.15, -0.1) is 0 Å². The third-order valence-electron chi connectivity index (χ3n) is 8.33. The number of ether oxygens (including phenoxy) is 1. The van der Waals surface area contributed by atoms with Crippen LogP contribution in [-0.2, 0) is 17.7 Å². The molecule has 0 saturated carbocycles. The van der Waals surface area contributed by atoms with Gasteiger partial charge >= 0.3 is 5.97 Å². The lowest BCUT2D eigenvalue weighted by Crippen LogP contribution is -2.40. The van der Waals surface area contributed by atoms with Crippen molar-refractivity contribution in [2.45, 2.75) is 72.6 Å². The fraction of sp³-hybridized carbons (Fsp3) is 0.300. The Morgan fingerprint density at radius 1 is 0.894 bits per heavy atom. The lowest BCUT2D eigenvalue weighted by molar-refractivity contribution is 0.00702. The van der Waals surface area contributed by atoms with Crippen molar-refractivity contribution in [1.82, 2.24) is 14.5 Å². The molecule has 7 nitrogen and oxygen atoms in total. The Labute approximate surface area is 277 Å². The summed E-state index contributed by atoms with van der Waals surface area (Å²) < 4.78 is 7.84. The average Bonchev–Trinajstić information content (AvgIpc) is 3.40. The Morgan fingerprint density at radius 2 is 1.55 bits per heavy atom. The van der Waals surface area contributed by atoms with Crippen LogP contribution >= 0.6 is 0 Å². The van der Waals surface area contributed by atoms with Crippen LogP contribution in [0.4, 0.5) is 0 Å². The maximum Gasteiger partial charge on any atom is 0.339 e. The Kier molecular flexibility index (Phi) is 9.75. The molecule has 0 N–H and O–H groups in total. The number of Topliss-reactive ketones (excluding diaryl/α,β-unsaturated/α-hetero) is 1. The summed E-state index contributed by atoms with van der Waals surface area (Å²) >= 11 is 0. The molecule has 5 aromatic rings. The summed E-state index contributed by atoms with van der Waals surface area (Å²) in [4.78, 5) is 46.4. The van der Waals surface area contributed by atoms with E-state index in [2.05, 4.69) is 23.6 Å². The molecule has 242 valence electrons. The molecule has 4 aromatic carbocycles.